The number of rotatable bonds is 1. The van der Waals surface area contributed by atoms with Crippen molar-refractivity contribution in [1.29, 1.82) is 0 Å². The first-order chi connectivity index (χ1) is 7.12. The molecule has 1 aliphatic heterocycles. The van der Waals surface area contributed by atoms with E-state index < -0.39 is 5.60 Å². The Morgan fingerprint density at radius 1 is 1.44 bits per heavy atom. The van der Waals surface area contributed by atoms with Crippen LogP contribution in [0, 0.1) is 5.41 Å². The first-order valence-corrected chi connectivity index (χ1v) is 6.03. The normalized spacial score (nSPS) is 25.4. The number of hydrogen-bond donors (Lipinski definition) is 1. The van der Waals surface area contributed by atoms with E-state index in [1.54, 1.807) is 0 Å². The van der Waals surface area contributed by atoms with Gasteiger partial charge in [0.05, 0.1) is 6.10 Å². The lowest BCUT2D eigenvalue weighted by atomic mass is 9.36. The molecule has 0 amide bonds. The number of aliphatic hydroxyl groups is 1. The summed E-state index contributed by atoms with van der Waals surface area (Å²) in [5.74, 6) is -0.118. The summed E-state index contributed by atoms with van der Waals surface area (Å²) in [5.41, 5.74) is -0.600. The molecule has 4 heteroatoms. The minimum Gasteiger partial charge on any atom is -0.468 e. The predicted molar refractivity (Wildman–Crippen MR) is 66.0 cm³/mol. The van der Waals surface area contributed by atoms with E-state index in [-0.39, 0.29) is 24.1 Å². The number of aliphatic hydroxyl groups excluding tert-OH is 1. The molecule has 3 nitrogen and oxygen atoms in total. The monoisotopic (exact) mass is 226 g/mol. The molecule has 1 aliphatic rings. The summed E-state index contributed by atoms with van der Waals surface area (Å²) in [5, 5.41) is 9.82. The summed E-state index contributed by atoms with van der Waals surface area (Å²) in [4.78, 5) is 11.9. The standard InChI is InChI=1S/C12H23BO3/c1-11(2,3)16-10(15)13-7-6-9(14)12(4,5)8-13/h9,14H,6-8H2,1-5H3/t9-/m0/s1. The van der Waals surface area contributed by atoms with Crippen molar-refractivity contribution in [3.63, 3.8) is 0 Å². The van der Waals surface area contributed by atoms with Crippen LogP contribution < -0.4 is 0 Å². The van der Waals surface area contributed by atoms with Crippen molar-refractivity contribution in [1.82, 2.24) is 0 Å². The molecular weight excluding hydrogens is 203 g/mol. The van der Waals surface area contributed by atoms with Crippen LogP contribution in [0.25, 0.3) is 0 Å². The molecule has 0 aromatic heterocycles. The van der Waals surface area contributed by atoms with Gasteiger partial charge in [-0.15, -0.1) is 0 Å². The Kier molecular flexibility index (Phi) is 3.73. The molecule has 0 aromatic carbocycles. The molecule has 1 N–H and O–H groups in total. The maximum absolute atomic E-state index is 11.9. The van der Waals surface area contributed by atoms with Crippen molar-refractivity contribution < 1.29 is 14.6 Å². The highest BCUT2D eigenvalue weighted by molar-refractivity contribution is 6.88. The van der Waals surface area contributed by atoms with E-state index in [2.05, 4.69) is 0 Å². The summed E-state index contributed by atoms with van der Waals surface area (Å²) in [7, 11) is 0. The molecule has 1 saturated heterocycles. The molecule has 0 unspecified atom stereocenters. The Balaban J connectivity index is 2.60. The maximum Gasteiger partial charge on any atom is 0.278 e. The number of carbonyl (C=O) groups is 1. The SMILES string of the molecule is CC(C)(C)OC(=O)B1CC[C@H](O)C(C)(C)C1. The number of carbonyl (C=O) groups excluding carboxylic acids is 1. The van der Waals surface area contributed by atoms with Crippen LogP contribution in [0.5, 0.6) is 0 Å². The van der Waals surface area contributed by atoms with Gasteiger partial charge in [-0.2, -0.15) is 0 Å². The molecule has 0 spiro atoms. The summed E-state index contributed by atoms with van der Waals surface area (Å²) in [6.07, 6.45) is 1.84. The Bertz CT molecular complexity index is 268. The molecule has 16 heavy (non-hydrogen) atoms. The van der Waals surface area contributed by atoms with E-state index in [4.69, 9.17) is 4.74 Å². The highest BCUT2D eigenvalue weighted by Gasteiger charge is 2.42. The van der Waals surface area contributed by atoms with E-state index in [1.807, 2.05) is 34.6 Å². The van der Waals surface area contributed by atoms with Crippen LogP contribution in [-0.2, 0) is 4.74 Å². The Morgan fingerprint density at radius 2 is 2.00 bits per heavy atom. The fraction of sp³-hybridized carbons (Fsp3) is 0.917. The van der Waals surface area contributed by atoms with E-state index >= 15 is 0 Å². The zero-order valence-corrected chi connectivity index (χ0v) is 11.0. The Labute approximate surface area is 98.6 Å². The topological polar surface area (TPSA) is 46.5 Å². The van der Waals surface area contributed by atoms with Crippen molar-refractivity contribution in [3.8, 4) is 0 Å². The molecule has 1 heterocycles. The molecule has 0 aromatic rings. The molecule has 1 rings (SSSR count). The summed E-state index contributed by atoms with van der Waals surface area (Å²) in [6, 6.07) is 0. The molecule has 0 saturated carbocycles. The molecule has 1 fully saturated rings. The summed E-state index contributed by atoms with van der Waals surface area (Å²) >= 11 is 0. The average molecular weight is 226 g/mol. The van der Waals surface area contributed by atoms with E-state index in [0.29, 0.717) is 12.7 Å². The van der Waals surface area contributed by atoms with E-state index in [0.717, 1.165) is 6.32 Å². The van der Waals surface area contributed by atoms with Crippen LogP contribution in [0.3, 0.4) is 0 Å². The summed E-state index contributed by atoms with van der Waals surface area (Å²) in [6.45, 7) is 9.61. The lowest BCUT2D eigenvalue weighted by molar-refractivity contribution is 0.0486. The Hall–Kier alpha value is -0.505. The largest absolute Gasteiger partial charge is 0.468 e. The predicted octanol–water partition coefficient (Wildman–Crippen LogP) is 2.79. The van der Waals surface area contributed by atoms with Gasteiger partial charge in [0.2, 0.25) is 0 Å². The number of hydrogen-bond acceptors (Lipinski definition) is 3. The third-order valence-electron chi connectivity index (χ3n) is 3.20. The first kappa shape index (κ1) is 13.6. The molecule has 0 radical (unpaired) electrons. The van der Waals surface area contributed by atoms with Crippen molar-refractivity contribution in [2.75, 3.05) is 0 Å². The van der Waals surface area contributed by atoms with Gasteiger partial charge in [-0.25, -0.2) is 0 Å². The second kappa shape index (κ2) is 4.40. The molecule has 92 valence electrons. The van der Waals surface area contributed by atoms with Crippen LogP contribution in [0.4, 0.5) is 4.79 Å². The first-order valence-electron chi connectivity index (χ1n) is 6.03. The highest BCUT2D eigenvalue weighted by Crippen LogP contribution is 2.37. The van der Waals surface area contributed by atoms with Gasteiger partial charge in [-0.3, -0.25) is 4.79 Å². The maximum atomic E-state index is 11.9. The molecule has 0 aliphatic carbocycles. The Morgan fingerprint density at radius 3 is 2.44 bits per heavy atom. The third kappa shape index (κ3) is 3.51. The highest BCUT2D eigenvalue weighted by atomic mass is 16.5. The van der Waals surface area contributed by atoms with Gasteiger partial charge in [-0.05, 0) is 32.6 Å². The van der Waals surface area contributed by atoms with Crippen LogP contribution in [0.15, 0.2) is 0 Å². The minimum atomic E-state index is -0.419. The molecule has 0 bridgehead atoms. The lowest BCUT2D eigenvalue weighted by Gasteiger charge is -2.38. The van der Waals surface area contributed by atoms with Gasteiger partial charge in [0.1, 0.15) is 5.60 Å². The average Bonchev–Trinajstić information content (AvgIpc) is 2.06. The van der Waals surface area contributed by atoms with Gasteiger partial charge in [0.15, 0.2) is 0 Å². The number of ether oxygens (including phenoxy) is 1. The zero-order chi connectivity index (χ0) is 12.6. The van der Waals surface area contributed by atoms with Crippen molar-refractivity contribution in [2.45, 2.75) is 65.4 Å². The smallest absolute Gasteiger partial charge is 0.278 e. The van der Waals surface area contributed by atoms with Crippen LogP contribution in [0.2, 0.25) is 12.6 Å². The van der Waals surface area contributed by atoms with Gasteiger partial charge >= 0.3 is 0 Å². The lowest BCUT2D eigenvalue weighted by Crippen LogP contribution is -2.45. The quantitative estimate of drug-likeness (QED) is 0.699. The van der Waals surface area contributed by atoms with Crippen LogP contribution >= 0.6 is 0 Å². The second-order valence-electron chi connectivity index (χ2n) is 6.52. The van der Waals surface area contributed by atoms with E-state index in [1.165, 1.54) is 0 Å². The molecular formula is C12H23BO3. The second-order valence-corrected chi connectivity index (χ2v) is 6.52. The van der Waals surface area contributed by atoms with Crippen molar-refractivity contribution in [2.24, 2.45) is 5.41 Å². The zero-order valence-electron chi connectivity index (χ0n) is 11.0. The molecule has 1 atom stereocenters. The van der Waals surface area contributed by atoms with Gasteiger partial charge in [0, 0.05) is 0 Å². The van der Waals surface area contributed by atoms with Gasteiger partial charge < -0.3 is 9.84 Å². The van der Waals surface area contributed by atoms with Crippen molar-refractivity contribution in [3.05, 3.63) is 0 Å². The van der Waals surface area contributed by atoms with Crippen LogP contribution in [0.1, 0.15) is 41.0 Å². The summed E-state index contributed by atoms with van der Waals surface area (Å²) < 4.78 is 5.39. The minimum absolute atomic E-state index is 0.0578. The fourth-order valence-electron chi connectivity index (χ4n) is 2.21. The third-order valence-corrected chi connectivity index (χ3v) is 3.20. The van der Waals surface area contributed by atoms with Crippen LogP contribution in [-0.4, -0.2) is 29.4 Å². The van der Waals surface area contributed by atoms with Gasteiger partial charge in [0.25, 0.3) is 12.6 Å². The van der Waals surface area contributed by atoms with E-state index in [9.17, 15) is 9.90 Å². The fourth-order valence-corrected chi connectivity index (χ4v) is 2.21. The van der Waals surface area contributed by atoms with Gasteiger partial charge in [-0.1, -0.05) is 26.5 Å². The van der Waals surface area contributed by atoms with Crippen molar-refractivity contribution >= 4 is 12.6 Å².